The number of fused-ring (bicyclic) bond motifs is 1. The van der Waals surface area contributed by atoms with Crippen LogP contribution in [0.25, 0.3) is 0 Å². The Kier molecular flexibility index (Phi) is 1.49. The lowest BCUT2D eigenvalue weighted by atomic mass is 10.2. The average molecular weight is 168 g/mol. The van der Waals surface area contributed by atoms with Gasteiger partial charge in [-0.15, -0.1) is 11.8 Å². The van der Waals surface area contributed by atoms with Crippen molar-refractivity contribution in [2.45, 2.75) is 0 Å². The van der Waals surface area contributed by atoms with E-state index < -0.39 is 0 Å². The number of Topliss-reactive ketones (excluding diaryl/α,β-unsaturated/α-hetero) is 1. The van der Waals surface area contributed by atoms with Crippen molar-refractivity contribution in [2.75, 3.05) is 19.5 Å². The van der Waals surface area contributed by atoms with E-state index in [0.717, 1.165) is 4.91 Å². The first kappa shape index (κ1) is 6.91. The number of carbonyl (C=O) groups excluding carboxylic acids is 1. The molecule has 0 aliphatic carbocycles. The van der Waals surface area contributed by atoms with Gasteiger partial charge in [-0.2, -0.15) is 0 Å². The maximum Gasteiger partial charge on any atom is 0.192 e. The minimum atomic E-state index is 0.175. The van der Waals surface area contributed by atoms with Crippen LogP contribution < -0.4 is 0 Å². The molecule has 0 aromatic heterocycles. The van der Waals surface area contributed by atoms with E-state index in [-0.39, 0.29) is 5.78 Å². The molecule has 0 saturated carbocycles. The van der Waals surface area contributed by atoms with E-state index in [9.17, 15) is 4.79 Å². The van der Waals surface area contributed by atoms with Crippen LogP contribution in [0.5, 0.6) is 0 Å². The van der Waals surface area contributed by atoms with Gasteiger partial charge in [0.05, 0.1) is 10.7 Å². The molecule has 3 nitrogen and oxygen atoms in total. The van der Waals surface area contributed by atoms with Gasteiger partial charge in [-0.25, -0.2) is 0 Å². The molecule has 0 radical (unpaired) electrons. The molecule has 2 heterocycles. The van der Waals surface area contributed by atoms with Crippen LogP contribution >= 0.6 is 11.8 Å². The van der Waals surface area contributed by atoms with Gasteiger partial charge in [-0.1, -0.05) is 0 Å². The van der Waals surface area contributed by atoms with Crippen LogP contribution in [-0.4, -0.2) is 35.9 Å². The van der Waals surface area contributed by atoms with Crippen molar-refractivity contribution in [3.63, 3.8) is 0 Å². The van der Waals surface area contributed by atoms with Gasteiger partial charge in [0, 0.05) is 13.2 Å². The molecule has 2 aliphatic heterocycles. The first-order valence-corrected chi connectivity index (χ1v) is 4.39. The molecule has 2 rings (SSSR count). The number of hydrogen-bond acceptors (Lipinski definition) is 4. The fourth-order valence-electron chi connectivity index (χ4n) is 1.11. The van der Waals surface area contributed by atoms with E-state index in [2.05, 4.69) is 4.99 Å². The van der Waals surface area contributed by atoms with Crippen LogP contribution in [0.15, 0.2) is 16.1 Å². The van der Waals surface area contributed by atoms with Crippen LogP contribution in [0.1, 0.15) is 0 Å². The summed E-state index contributed by atoms with van der Waals surface area (Å²) in [7, 11) is 1.95. The van der Waals surface area contributed by atoms with Crippen molar-refractivity contribution in [3.8, 4) is 0 Å². The summed E-state index contributed by atoms with van der Waals surface area (Å²) < 4.78 is 0. The molecular weight excluding hydrogens is 160 g/mol. The standard InChI is InChI=1S/C7H8N2OS/c1-9-2-6-7(8-4-9)5(10)3-11-6/h2H,3-4H2,1H3. The number of hydrogen-bond donors (Lipinski definition) is 0. The van der Waals surface area contributed by atoms with Crippen molar-refractivity contribution >= 4 is 23.3 Å². The number of rotatable bonds is 0. The van der Waals surface area contributed by atoms with Gasteiger partial charge in [-0.3, -0.25) is 9.79 Å². The summed E-state index contributed by atoms with van der Waals surface area (Å²) in [6, 6.07) is 0. The molecule has 2 aliphatic rings. The quantitative estimate of drug-likeness (QED) is 0.527. The van der Waals surface area contributed by atoms with E-state index in [0.29, 0.717) is 18.1 Å². The van der Waals surface area contributed by atoms with Gasteiger partial charge in [0.15, 0.2) is 5.78 Å². The third kappa shape index (κ3) is 1.07. The van der Waals surface area contributed by atoms with E-state index in [4.69, 9.17) is 0 Å². The van der Waals surface area contributed by atoms with Gasteiger partial charge in [0.2, 0.25) is 0 Å². The van der Waals surface area contributed by atoms with Gasteiger partial charge < -0.3 is 4.90 Å². The second kappa shape index (κ2) is 2.37. The van der Waals surface area contributed by atoms with E-state index in [1.165, 1.54) is 0 Å². The summed E-state index contributed by atoms with van der Waals surface area (Å²) in [5.74, 6) is 0.743. The first-order valence-electron chi connectivity index (χ1n) is 3.40. The minimum absolute atomic E-state index is 0.175. The molecule has 11 heavy (non-hydrogen) atoms. The maximum absolute atomic E-state index is 11.1. The highest BCUT2D eigenvalue weighted by Crippen LogP contribution is 2.28. The van der Waals surface area contributed by atoms with E-state index in [1.807, 2.05) is 18.1 Å². The monoisotopic (exact) mass is 168 g/mol. The predicted molar refractivity (Wildman–Crippen MR) is 45.6 cm³/mol. The van der Waals surface area contributed by atoms with Gasteiger partial charge in [-0.05, 0) is 0 Å². The Morgan fingerprint density at radius 2 is 2.55 bits per heavy atom. The maximum atomic E-state index is 11.1. The molecule has 0 bridgehead atoms. The predicted octanol–water partition coefficient (Wildman–Crippen LogP) is 0.488. The number of aliphatic imine (C=N–C) groups is 1. The fraction of sp³-hybridized carbons (Fsp3) is 0.429. The highest BCUT2D eigenvalue weighted by atomic mass is 32.2. The zero-order valence-corrected chi connectivity index (χ0v) is 7.02. The van der Waals surface area contributed by atoms with Crippen molar-refractivity contribution in [1.82, 2.24) is 4.90 Å². The molecule has 0 amide bonds. The summed E-state index contributed by atoms with van der Waals surface area (Å²) in [6.07, 6.45) is 1.98. The molecule has 0 aromatic carbocycles. The largest absolute Gasteiger partial charge is 0.360 e. The average Bonchev–Trinajstić information content (AvgIpc) is 2.32. The highest BCUT2D eigenvalue weighted by Gasteiger charge is 2.27. The van der Waals surface area contributed by atoms with E-state index >= 15 is 0 Å². The van der Waals surface area contributed by atoms with Crippen LogP contribution in [-0.2, 0) is 4.79 Å². The second-order valence-corrected chi connectivity index (χ2v) is 3.63. The van der Waals surface area contributed by atoms with Gasteiger partial charge in [0.25, 0.3) is 0 Å². The Morgan fingerprint density at radius 1 is 1.73 bits per heavy atom. The molecule has 0 unspecified atom stereocenters. The number of allylic oxidation sites excluding steroid dienone is 1. The lowest BCUT2D eigenvalue weighted by molar-refractivity contribution is -0.110. The number of ketones is 1. The summed E-state index contributed by atoms with van der Waals surface area (Å²) in [5, 5.41) is 0. The fourth-order valence-corrected chi connectivity index (χ4v) is 2.10. The number of nitrogens with zero attached hydrogens (tertiary/aromatic N) is 2. The Bertz CT molecular complexity index is 270. The third-order valence-corrected chi connectivity index (χ3v) is 2.66. The summed E-state index contributed by atoms with van der Waals surface area (Å²) in [4.78, 5) is 18.3. The normalized spacial score (nSPS) is 23.0. The summed E-state index contributed by atoms with van der Waals surface area (Å²) in [6.45, 7) is 0.616. The molecule has 0 spiro atoms. The number of carbonyl (C=O) groups is 1. The van der Waals surface area contributed by atoms with Crippen molar-refractivity contribution in [3.05, 3.63) is 11.1 Å². The van der Waals surface area contributed by atoms with Crippen LogP contribution in [0.3, 0.4) is 0 Å². The minimum Gasteiger partial charge on any atom is -0.360 e. The Labute approximate surface area is 69.2 Å². The molecule has 1 fully saturated rings. The third-order valence-electron chi connectivity index (χ3n) is 1.65. The summed E-state index contributed by atoms with van der Waals surface area (Å²) in [5.41, 5.74) is 0.688. The van der Waals surface area contributed by atoms with Crippen LogP contribution in [0.2, 0.25) is 0 Å². The number of thioether (sulfide) groups is 1. The molecule has 58 valence electrons. The SMILES string of the molecule is CN1C=C2SCC(=O)C2=NC1. The molecule has 1 saturated heterocycles. The lowest BCUT2D eigenvalue weighted by Crippen LogP contribution is -2.21. The van der Waals surface area contributed by atoms with Gasteiger partial charge >= 0.3 is 0 Å². The topological polar surface area (TPSA) is 32.7 Å². The van der Waals surface area contributed by atoms with Crippen LogP contribution in [0.4, 0.5) is 0 Å². The zero-order valence-electron chi connectivity index (χ0n) is 6.20. The van der Waals surface area contributed by atoms with Gasteiger partial charge in [0.1, 0.15) is 12.4 Å². The smallest absolute Gasteiger partial charge is 0.192 e. The Morgan fingerprint density at radius 3 is 3.36 bits per heavy atom. The zero-order chi connectivity index (χ0) is 7.84. The van der Waals surface area contributed by atoms with Crippen molar-refractivity contribution in [2.24, 2.45) is 4.99 Å². The van der Waals surface area contributed by atoms with Crippen molar-refractivity contribution < 1.29 is 4.79 Å². The van der Waals surface area contributed by atoms with Crippen LogP contribution in [0, 0.1) is 0 Å². The Hall–Kier alpha value is -0.770. The first-order chi connectivity index (χ1) is 5.27. The second-order valence-electron chi connectivity index (χ2n) is 2.61. The highest BCUT2D eigenvalue weighted by molar-refractivity contribution is 8.06. The Balaban J connectivity index is 2.35. The molecule has 0 aromatic rings. The summed E-state index contributed by atoms with van der Waals surface area (Å²) >= 11 is 1.58. The molecule has 0 N–H and O–H groups in total. The molecule has 4 heteroatoms. The van der Waals surface area contributed by atoms with Crippen molar-refractivity contribution in [1.29, 1.82) is 0 Å². The lowest BCUT2D eigenvalue weighted by Gasteiger charge is -2.16. The molecule has 0 atom stereocenters. The molecular formula is C7H8N2OS. The van der Waals surface area contributed by atoms with E-state index in [1.54, 1.807) is 11.8 Å².